The molecule has 2 aromatic rings. The zero-order valence-electron chi connectivity index (χ0n) is 17.5. The third kappa shape index (κ3) is 3.45. The maximum Gasteiger partial charge on any atom is 0.275 e. The second-order valence-electron chi connectivity index (χ2n) is 8.04. The number of hydrogen-bond donors (Lipinski definition) is 2. The number of hydrogen-bond acceptors (Lipinski definition) is 6. The van der Waals surface area contributed by atoms with Crippen LogP contribution < -0.4 is 11.3 Å². The quantitative estimate of drug-likeness (QED) is 0.419. The van der Waals surface area contributed by atoms with Gasteiger partial charge in [0.25, 0.3) is 5.91 Å². The second kappa shape index (κ2) is 8.18. The summed E-state index contributed by atoms with van der Waals surface area (Å²) < 4.78 is 28.4. The number of likely N-dealkylation sites (N-methyl/N-ethyl adjacent to an activating group) is 1. The maximum absolute atomic E-state index is 13.8. The summed E-state index contributed by atoms with van der Waals surface area (Å²) in [4.78, 5) is 31.6. The van der Waals surface area contributed by atoms with Crippen LogP contribution in [0.5, 0.6) is 5.75 Å². The van der Waals surface area contributed by atoms with E-state index in [9.17, 15) is 23.5 Å². The van der Waals surface area contributed by atoms with Crippen LogP contribution >= 0.6 is 0 Å². The van der Waals surface area contributed by atoms with Crippen molar-refractivity contribution in [3.63, 3.8) is 0 Å². The standard InChI is InChI=1S/C22H23F2N5O3/c1-2-29-21(32)18-20(31)19(30)15(11-28(18)12-22(29)6-3-7-22)17(27-25)10-26-9-13-4-5-14(23)8-16(13)24/h4-5,8,10-11,31H,2-3,6-7,9,12,25H2,1H3. The molecular formula is C22H23F2N5O3. The van der Waals surface area contributed by atoms with Crippen molar-refractivity contribution < 1.29 is 18.7 Å². The highest BCUT2D eigenvalue weighted by atomic mass is 19.1. The SMILES string of the molecule is CCN1C(=O)c2c(O)c(=O)c(C(C=NCc3ccc(F)cc3F)=NN)cn2CC12CCC2. The summed E-state index contributed by atoms with van der Waals surface area (Å²) in [6.45, 7) is 2.67. The molecule has 1 saturated carbocycles. The van der Waals surface area contributed by atoms with E-state index in [2.05, 4.69) is 10.1 Å². The fourth-order valence-electron chi connectivity index (χ4n) is 4.47. The summed E-state index contributed by atoms with van der Waals surface area (Å²) in [5.74, 6) is 2.97. The number of nitrogens with zero attached hydrogens (tertiary/aromatic N) is 4. The first kappa shape index (κ1) is 21.7. The zero-order valence-corrected chi connectivity index (χ0v) is 17.5. The molecule has 0 saturated heterocycles. The summed E-state index contributed by atoms with van der Waals surface area (Å²) in [6.07, 6.45) is 5.33. The number of aliphatic imine (C=N–C) groups is 1. The number of nitrogens with two attached hydrogens (primary N) is 1. The molecule has 1 aromatic carbocycles. The zero-order chi connectivity index (χ0) is 23.0. The van der Waals surface area contributed by atoms with Gasteiger partial charge in [-0.3, -0.25) is 14.6 Å². The fraction of sp³-hybridized carbons (Fsp3) is 0.364. The lowest BCUT2D eigenvalue weighted by molar-refractivity contribution is -0.00375. The second-order valence-corrected chi connectivity index (χ2v) is 8.04. The number of aromatic nitrogens is 1. The van der Waals surface area contributed by atoms with Crippen molar-refractivity contribution in [1.82, 2.24) is 9.47 Å². The van der Waals surface area contributed by atoms with Crippen LogP contribution in [0.2, 0.25) is 0 Å². The Bertz CT molecular complexity index is 1200. The number of halogens is 2. The molecule has 10 heteroatoms. The van der Waals surface area contributed by atoms with Crippen LogP contribution in [0, 0.1) is 11.6 Å². The van der Waals surface area contributed by atoms with Crippen LogP contribution in [0.4, 0.5) is 8.78 Å². The van der Waals surface area contributed by atoms with Gasteiger partial charge in [-0.2, -0.15) is 5.10 Å². The Morgan fingerprint density at radius 1 is 1.31 bits per heavy atom. The number of amides is 1. The average molecular weight is 443 g/mol. The molecule has 3 N–H and O–H groups in total. The molecule has 1 spiro atoms. The number of rotatable bonds is 5. The Balaban J connectivity index is 1.68. The molecule has 0 radical (unpaired) electrons. The monoisotopic (exact) mass is 443 g/mol. The minimum atomic E-state index is -0.797. The van der Waals surface area contributed by atoms with E-state index >= 15 is 0 Å². The number of fused-ring (bicyclic) bond motifs is 1. The molecule has 0 bridgehead atoms. The van der Waals surface area contributed by atoms with Crippen LogP contribution in [0.15, 0.2) is 39.3 Å². The number of carbonyl (C=O) groups is 1. The van der Waals surface area contributed by atoms with Gasteiger partial charge >= 0.3 is 0 Å². The van der Waals surface area contributed by atoms with Crippen LogP contribution in [0.1, 0.15) is 47.8 Å². The Kier molecular flexibility index (Phi) is 5.53. The molecule has 2 heterocycles. The van der Waals surface area contributed by atoms with Crippen molar-refractivity contribution in [2.24, 2.45) is 15.9 Å². The molecule has 4 rings (SSSR count). The normalized spacial score (nSPS) is 17.7. The average Bonchev–Trinajstić information content (AvgIpc) is 2.73. The molecule has 32 heavy (non-hydrogen) atoms. The Hall–Kier alpha value is -3.56. The number of hydrazone groups is 1. The van der Waals surface area contributed by atoms with Crippen molar-refractivity contribution >= 4 is 17.8 Å². The van der Waals surface area contributed by atoms with Gasteiger partial charge in [-0.05, 0) is 32.3 Å². The summed E-state index contributed by atoms with van der Waals surface area (Å²) >= 11 is 0. The van der Waals surface area contributed by atoms with Gasteiger partial charge in [0.05, 0.1) is 17.6 Å². The molecule has 1 fully saturated rings. The highest BCUT2D eigenvalue weighted by molar-refractivity contribution is 6.38. The van der Waals surface area contributed by atoms with Gasteiger partial charge in [-0.25, -0.2) is 8.78 Å². The van der Waals surface area contributed by atoms with Crippen molar-refractivity contribution in [2.75, 3.05) is 6.54 Å². The number of benzene rings is 1. The van der Waals surface area contributed by atoms with Crippen LogP contribution in [0.25, 0.3) is 0 Å². The molecule has 1 aromatic heterocycles. The highest BCUT2D eigenvalue weighted by Crippen LogP contribution is 2.43. The summed E-state index contributed by atoms with van der Waals surface area (Å²) in [5.41, 5.74) is -1.08. The molecule has 1 aliphatic carbocycles. The molecular weight excluding hydrogens is 420 g/mol. The van der Waals surface area contributed by atoms with E-state index in [4.69, 9.17) is 5.84 Å². The molecule has 0 atom stereocenters. The van der Waals surface area contributed by atoms with Gasteiger partial charge < -0.3 is 20.4 Å². The molecule has 0 unspecified atom stereocenters. The van der Waals surface area contributed by atoms with E-state index in [1.54, 1.807) is 9.47 Å². The van der Waals surface area contributed by atoms with E-state index < -0.39 is 22.8 Å². The Morgan fingerprint density at radius 2 is 2.06 bits per heavy atom. The predicted octanol–water partition coefficient (Wildman–Crippen LogP) is 2.16. The van der Waals surface area contributed by atoms with Crippen LogP contribution in [0.3, 0.4) is 0 Å². The first-order valence-electron chi connectivity index (χ1n) is 10.3. The summed E-state index contributed by atoms with van der Waals surface area (Å²) in [7, 11) is 0. The fourth-order valence-corrected chi connectivity index (χ4v) is 4.47. The van der Waals surface area contributed by atoms with Crippen molar-refractivity contribution in [1.29, 1.82) is 0 Å². The minimum absolute atomic E-state index is 0.0238. The van der Waals surface area contributed by atoms with Gasteiger partial charge in [0, 0.05) is 37.1 Å². The van der Waals surface area contributed by atoms with Crippen molar-refractivity contribution in [3.8, 4) is 5.75 Å². The first-order valence-corrected chi connectivity index (χ1v) is 10.3. The van der Waals surface area contributed by atoms with Crippen LogP contribution in [-0.4, -0.2) is 44.5 Å². The van der Waals surface area contributed by atoms with E-state index in [0.717, 1.165) is 31.4 Å². The largest absolute Gasteiger partial charge is 0.503 e. The number of pyridine rings is 1. The van der Waals surface area contributed by atoms with Gasteiger partial charge in [0.1, 0.15) is 17.3 Å². The molecule has 1 amide bonds. The first-order chi connectivity index (χ1) is 15.3. The predicted molar refractivity (Wildman–Crippen MR) is 115 cm³/mol. The van der Waals surface area contributed by atoms with E-state index in [0.29, 0.717) is 13.1 Å². The number of carbonyl (C=O) groups excluding carboxylic acids is 1. The third-order valence-electron chi connectivity index (χ3n) is 6.25. The highest BCUT2D eigenvalue weighted by Gasteiger charge is 2.49. The number of aromatic hydroxyl groups is 1. The molecule has 168 valence electrons. The van der Waals surface area contributed by atoms with Gasteiger partial charge in [-0.15, -0.1) is 0 Å². The smallest absolute Gasteiger partial charge is 0.275 e. The lowest BCUT2D eigenvalue weighted by Gasteiger charge is -2.53. The van der Waals surface area contributed by atoms with Gasteiger partial charge in [-0.1, -0.05) is 6.07 Å². The molecule has 1 aliphatic heterocycles. The lowest BCUT2D eigenvalue weighted by atomic mass is 9.73. The van der Waals surface area contributed by atoms with Gasteiger partial charge in [0.2, 0.25) is 5.43 Å². The minimum Gasteiger partial charge on any atom is -0.503 e. The van der Waals surface area contributed by atoms with E-state index in [-0.39, 0.29) is 40.5 Å². The van der Waals surface area contributed by atoms with E-state index in [1.807, 2.05) is 6.92 Å². The third-order valence-corrected chi connectivity index (χ3v) is 6.25. The van der Waals surface area contributed by atoms with Crippen LogP contribution in [-0.2, 0) is 13.1 Å². The summed E-state index contributed by atoms with van der Waals surface area (Å²) in [6, 6.07) is 3.14. The molecule has 8 nitrogen and oxygen atoms in total. The molecule has 2 aliphatic rings. The lowest BCUT2D eigenvalue weighted by Crippen LogP contribution is -2.62. The topological polar surface area (TPSA) is 113 Å². The van der Waals surface area contributed by atoms with Gasteiger partial charge in [0.15, 0.2) is 11.4 Å². The maximum atomic E-state index is 13.8. The van der Waals surface area contributed by atoms with Crippen molar-refractivity contribution in [3.05, 3.63) is 63.1 Å². The Labute approximate surface area is 182 Å². The van der Waals surface area contributed by atoms with E-state index in [1.165, 1.54) is 18.5 Å². The van der Waals surface area contributed by atoms with Crippen molar-refractivity contribution in [2.45, 2.75) is 44.8 Å². The Morgan fingerprint density at radius 3 is 2.66 bits per heavy atom. The summed E-state index contributed by atoms with van der Waals surface area (Å²) in [5, 5.41) is 14.2.